The van der Waals surface area contributed by atoms with Gasteiger partial charge in [-0.2, -0.15) is 14.0 Å². The monoisotopic (exact) mass is 496 g/mol. The Morgan fingerprint density at radius 1 is 1.25 bits per heavy atom. The maximum absolute atomic E-state index is 14.1. The molecule has 6 heterocycles. The molecule has 2 unspecified atom stereocenters. The number of nitriles is 1. The predicted molar refractivity (Wildman–Crippen MR) is 127 cm³/mol. The molecule has 9 nitrogen and oxygen atoms in total. The molecule has 2 atom stereocenters. The van der Waals surface area contributed by atoms with Crippen molar-refractivity contribution in [2.45, 2.75) is 50.8 Å². The van der Waals surface area contributed by atoms with Crippen LogP contribution in [0.25, 0.3) is 22.2 Å². The van der Waals surface area contributed by atoms with E-state index >= 15 is 0 Å². The minimum atomic E-state index is -3.46. The molecule has 3 aromatic heterocycles. The van der Waals surface area contributed by atoms with Crippen molar-refractivity contribution in [3.8, 4) is 17.2 Å². The van der Waals surface area contributed by atoms with Crippen LogP contribution in [-0.2, 0) is 10.7 Å². The quantitative estimate of drug-likeness (QED) is 0.564. The Labute approximate surface area is 206 Å². The molecule has 3 saturated heterocycles. The van der Waals surface area contributed by atoms with Crippen molar-refractivity contribution in [1.29, 1.82) is 5.26 Å². The zero-order chi connectivity index (χ0) is 25.8. The van der Waals surface area contributed by atoms with E-state index in [0.717, 1.165) is 12.2 Å². The number of aliphatic hydroxyl groups excluding tert-OH is 1. The van der Waals surface area contributed by atoms with Gasteiger partial charge in [0.05, 0.1) is 23.3 Å². The van der Waals surface area contributed by atoms with Gasteiger partial charge < -0.3 is 19.7 Å². The van der Waals surface area contributed by atoms with Crippen molar-refractivity contribution in [1.82, 2.24) is 19.9 Å². The highest BCUT2D eigenvalue weighted by Crippen LogP contribution is 2.38. The zero-order valence-electron chi connectivity index (χ0n) is 20.1. The lowest BCUT2D eigenvalue weighted by atomic mass is 9.88. The van der Waals surface area contributed by atoms with Crippen LogP contribution in [-0.4, -0.2) is 68.4 Å². The molecule has 0 spiro atoms. The summed E-state index contributed by atoms with van der Waals surface area (Å²) in [5.41, 5.74) is 0.410. The normalized spacial score (nSPS) is 19.7. The Hall–Kier alpha value is -3.78. The van der Waals surface area contributed by atoms with Crippen molar-refractivity contribution in [3.63, 3.8) is 0 Å². The van der Waals surface area contributed by atoms with Gasteiger partial charge in [0.1, 0.15) is 29.7 Å². The third-order valence-electron chi connectivity index (χ3n) is 6.53. The molecule has 1 amide bonds. The van der Waals surface area contributed by atoms with Crippen LogP contribution in [0.5, 0.6) is 0 Å². The number of anilines is 1. The van der Waals surface area contributed by atoms with Crippen LogP contribution in [0.15, 0.2) is 30.6 Å². The van der Waals surface area contributed by atoms with Crippen LogP contribution in [0.2, 0.25) is 0 Å². The highest BCUT2D eigenvalue weighted by atomic mass is 19.3. The lowest BCUT2D eigenvalue weighted by Gasteiger charge is -2.56. The van der Waals surface area contributed by atoms with E-state index in [-0.39, 0.29) is 29.4 Å². The molecule has 2 N–H and O–H groups in total. The fourth-order valence-corrected chi connectivity index (χ4v) is 4.88. The van der Waals surface area contributed by atoms with Crippen LogP contribution in [0, 0.1) is 11.3 Å². The number of amides is 1. The first-order chi connectivity index (χ1) is 17.0. The van der Waals surface area contributed by atoms with E-state index in [0.29, 0.717) is 29.6 Å². The molecule has 2 bridgehead atoms. The third-order valence-corrected chi connectivity index (χ3v) is 6.53. The summed E-state index contributed by atoms with van der Waals surface area (Å²) in [6, 6.07) is 7.00. The van der Waals surface area contributed by atoms with Crippen LogP contribution in [0.4, 0.5) is 19.4 Å². The number of carbonyl (C=O) groups excluding carboxylic acids is 1. The molecule has 0 aromatic carbocycles. The Balaban J connectivity index is 1.39. The Bertz CT molecular complexity index is 1350. The summed E-state index contributed by atoms with van der Waals surface area (Å²) >= 11 is 0. The topological polar surface area (TPSA) is 118 Å². The fourth-order valence-electron chi connectivity index (χ4n) is 4.88. The number of piperidine rings is 1. The van der Waals surface area contributed by atoms with Crippen molar-refractivity contribution in [2.75, 3.05) is 24.6 Å². The Morgan fingerprint density at radius 3 is 2.56 bits per heavy atom. The molecule has 0 radical (unpaired) electrons. The SMILES string of the molecule is CC(C)(C)OC(=O)N1C2CC1CN(c1ccc(-c3c(C#N)cnc4[nH]c(C(F)(F)CO)cc34)cn1)C2. The van der Waals surface area contributed by atoms with Gasteiger partial charge >= 0.3 is 12.0 Å². The lowest BCUT2D eigenvalue weighted by molar-refractivity contribution is -0.0586. The summed E-state index contributed by atoms with van der Waals surface area (Å²) < 4.78 is 33.7. The van der Waals surface area contributed by atoms with E-state index in [4.69, 9.17) is 9.84 Å². The highest BCUT2D eigenvalue weighted by molar-refractivity contribution is 5.96. The van der Waals surface area contributed by atoms with Crippen LogP contribution in [0.1, 0.15) is 38.4 Å². The summed E-state index contributed by atoms with van der Waals surface area (Å²) in [7, 11) is 0. The minimum absolute atomic E-state index is 0.0524. The summed E-state index contributed by atoms with van der Waals surface area (Å²) in [6.45, 7) is 5.45. The number of hydrogen-bond acceptors (Lipinski definition) is 7. The first-order valence-electron chi connectivity index (χ1n) is 11.6. The van der Waals surface area contributed by atoms with Crippen molar-refractivity contribution >= 4 is 22.9 Å². The second kappa shape index (κ2) is 8.41. The maximum atomic E-state index is 14.1. The number of aromatic amines is 1. The van der Waals surface area contributed by atoms with Gasteiger partial charge in [0.15, 0.2) is 0 Å². The van der Waals surface area contributed by atoms with Gasteiger partial charge in [-0.05, 0) is 45.4 Å². The number of ether oxygens (including phenoxy) is 1. The van der Waals surface area contributed by atoms with Gasteiger partial charge in [-0.25, -0.2) is 14.8 Å². The number of piperazine rings is 1. The van der Waals surface area contributed by atoms with Gasteiger partial charge in [-0.1, -0.05) is 0 Å². The van der Waals surface area contributed by atoms with E-state index < -0.39 is 23.8 Å². The van der Waals surface area contributed by atoms with E-state index in [9.17, 15) is 18.8 Å². The van der Waals surface area contributed by atoms with Crippen molar-refractivity contribution < 1.29 is 23.4 Å². The predicted octanol–water partition coefficient (Wildman–Crippen LogP) is 3.78. The number of pyridine rings is 2. The maximum Gasteiger partial charge on any atom is 0.410 e. The Kier molecular flexibility index (Phi) is 5.59. The average Bonchev–Trinajstić information content (AvgIpc) is 3.27. The van der Waals surface area contributed by atoms with Gasteiger partial charge in [0, 0.05) is 42.0 Å². The molecule has 0 saturated carbocycles. The number of H-pyrrole nitrogens is 1. The molecular weight excluding hydrogens is 470 g/mol. The smallest absolute Gasteiger partial charge is 0.410 e. The largest absolute Gasteiger partial charge is 0.444 e. The zero-order valence-corrected chi connectivity index (χ0v) is 20.1. The molecule has 3 aliphatic heterocycles. The standard InChI is InChI=1S/C25H26F2N6O3/c1-24(2,3)36-23(35)33-16-6-17(33)12-32(11-16)20-5-4-14(9-29-20)21-15(8-28)10-30-22-18(21)7-19(31-22)25(26,27)13-34/h4-5,7,9-10,16-17,34H,6,11-13H2,1-3H3,(H,30,31). The lowest BCUT2D eigenvalue weighted by Crippen LogP contribution is -2.70. The molecule has 11 heteroatoms. The number of aromatic nitrogens is 3. The minimum Gasteiger partial charge on any atom is -0.444 e. The number of nitrogens with zero attached hydrogens (tertiary/aromatic N) is 5. The van der Waals surface area contributed by atoms with Gasteiger partial charge in [-0.15, -0.1) is 0 Å². The van der Waals surface area contributed by atoms with Crippen molar-refractivity contribution in [2.24, 2.45) is 0 Å². The molecule has 3 aliphatic rings. The molecule has 0 aliphatic carbocycles. The second-order valence-electron chi connectivity index (χ2n) is 10.2. The first kappa shape index (κ1) is 23.9. The summed E-state index contributed by atoms with van der Waals surface area (Å²) in [6.07, 6.45) is 3.55. The summed E-state index contributed by atoms with van der Waals surface area (Å²) in [4.78, 5) is 27.6. The van der Waals surface area contributed by atoms with Gasteiger partial charge in [-0.3, -0.25) is 4.90 Å². The molecule has 188 valence electrons. The number of nitrogens with one attached hydrogen (secondary N) is 1. The highest BCUT2D eigenvalue weighted by Gasteiger charge is 2.49. The second-order valence-corrected chi connectivity index (χ2v) is 10.2. The molecule has 36 heavy (non-hydrogen) atoms. The van der Waals surface area contributed by atoms with Crippen LogP contribution in [0.3, 0.4) is 0 Å². The number of rotatable bonds is 4. The molecule has 3 aromatic rings. The first-order valence-corrected chi connectivity index (χ1v) is 11.6. The number of fused-ring (bicyclic) bond motifs is 3. The van der Waals surface area contributed by atoms with E-state index in [1.807, 2.05) is 26.8 Å². The Morgan fingerprint density at radius 2 is 1.97 bits per heavy atom. The van der Waals surface area contributed by atoms with E-state index in [1.54, 1.807) is 17.2 Å². The molecule has 3 fully saturated rings. The number of alkyl halides is 2. The summed E-state index contributed by atoms with van der Waals surface area (Å²) in [5.74, 6) is -2.74. The fraction of sp³-hybridized carbons (Fsp3) is 0.440. The molecule has 6 rings (SSSR count). The third kappa shape index (κ3) is 4.11. The average molecular weight is 497 g/mol. The summed E-state index contributed by atoms with van der Waals surface area (Å²) in [5, 5.41) is 19.0. The van der Waals surface area contributed by atoms with Crippen LogP contribution >= 0.6 is 0 Å². The van der Waals surface area contributed by atoms with Gasteiger partial charge in [0.25, 0.3) is 0 Å². The number of carbonyl (C=O) groups is 1. The van der Waals surface area contributed by atoms with E-state index in [1.165, 1.54) is 12.3 Å². The van der Waals surface area contributed by atoms with Crippen LogP contribution < -0.4 is 4.90 Å². The number of hydrogen-bond donors (Lipinski definition) is 2. The van der Waals surface area contributed by atoms with E-state index in [2.05, 4.69) is 25.9 Å². The number of halogens is 2. The van der Waals surface area contributed by atoms with Gasteiger partial charge in [0.2, 0.25) is 0 Å². The molecular formula is C25H26F2N6O3. The van der Waals surface area contributed by atoms with Crippen molar-refractivity contribution in [3.05, 3.63) is 41.9 Å². The number of aliphatic hydroxyl groups is 1.